The molecule has 1 aromatic heterocycles. The van der Waals surface area contributed by atoms with Crippen molar-refractivity contribution in [3.63, 3.8) is 0 Å². The van der Waals surface area contributed by atoms with Crippen LogP contribution in [-0.4, -0.2) is 46.0 Å². The summed E-state index contributed by atoms with van der Waals surface area (Å²) in [6.45, 7) is 8.61. The highest BCUT2D eigenvalue weighted by molar-refractivity contribution is 5.88. The maximum atomic E-state index is 12.8. The molecule has 0 N–H and O–H groups in total. The molecule has 0 unspecified atom stereocenters. The normalized spacial score (nSPS) is 18.1. The Hall–Kier alpha value is -1.27. The monoisotopic (exact) mass is 295 g/mol. The minimum atomic E-state index is -0.707. The zero-order chi connectivity index (χ0) is 15.3. The van der Waals surface area contributed by atoms with Crippen LogP contribution in [0.5, 0.6) is 0 Å². The highest BCUT2D eigenvalue weighted by Crippen LogP contribution is 2.27. The van der Waals surface area contributed by atoms with Gasteiger partial charge in [-0.3, -0.25) is 4.79 Å². The summed E-state index contributed by atoms with van der Waals surface area (Å²) in [6.07, 6.45) is 3.03. The van der Waals surface area contributed by atoms with Gasteiger partial charge in [-0.25, -0.2) is 9.67 Å². The van der Waals surface area contributed by atoms with Crippen LogP contribution in [0.1, 0.15) is 39.4 Å². The number of ketones is 1. The largest absolute Gasteiger partial charge is 0.381 e. The summed E-state index contributed by atoms with van der Waals surface area (Å²) >= 11 is 0. The first-order valence-corrected chi connectivity index (χ1v) is 7.69. The molecule has 6 nitrogen and oxygen atoms in total. The molecule has 1 aliphatic rings. The van der Waals surface area contributed by atoms with Crippen molar-refractivity contribution in [1.29, 1.82) is 0 Å². The summed E-state index contributed by atoms with van der Waals surface area (Å²) in [5.41, 5.74) is -0.707. The maximum Gasteiger partial charge on any atom is 0.172 e. The van der Waals surface area contributed by atoms with E-state index in [4.69, 9.17) is 9.47 Å². The van der Waals surface area contributed by atoms with Crippen LogP contribution >= 0.6 is 0 Å². The Bertz CT molecular complexity index is 459. The number of nitrogens with zero attached hydrogens (tertiary/aromatic N) is 3. The third kappa shape index (κ3) is 3.89. The topological polar surface area (TPSA) is 66.2 Å². The van der Waals surface area contributed by atoms with Crippen molar-refractivity contribution < 1.29 is 14.3 Å². The van der Waals surface area contributed by atoms with Crippen molar-refractivity contribution >= 4 is 5.78 Å². The van der Waals surface area contributed by atoms with Gasteiger partial charge in [-0.2, -0.15) is 5.10 Å². The highest BCUT2D eigenvalue weighted by atomic mass is 16.5. The zero-order valence-electron chi connectivity index (χ0n) is 13.2. The Morgan fingerprint density at radius 2 is 2.19 bits per heavy atom. The van der Waals surface area contributed by atoms with Gasteiger partial charge in [-0.05, 0) is 12.8 Å². The lowest BCUT2D eigenvalue weighted by molar-refractivity contribution is -0.157. The van der Waals surface area contributed by atoms with E-state index in [1.807, 2.05) is 11.6 Å². The van der Waals surface area contributed by atoms with Crippen LogP contribution in [0.25, 0.3) is 0 Å². The highest BCUT2D eigenvalue weighted by Gasteiger charge is 2.40. The summed E-state index contributed by atoms with van der Waals surface area (Å²) in [5, 5.41) is 4.21. The quantitative estimate of drug-likeness (QED) is 0.765. The number of aromatic nitrogens is 3. The van der Waals surface area contributed by atoms with Gasteiger partial charge >= 0.3 is 0 Å². The van der Waals surface area contributed by atoms with Crippen LogP contribution < -0.4 is 0 Å². The van der Waals surface area contributed by atoms with Crippen LogP contribution in [0.15, 0.2) is 6.33 Å². The van der Waals surface area contributed by atoms with Crippen molar-refractivity contribution in [2.45, 2.75) is 52.2 Å². The molecule has 0 bridgehead atoms. The van der Waals surface area contributed by atoms with Crippen molar-refractivity contribution in [1.82, 2.24) is 14.8 Å². The average Bonchev–Trinajstić information content (AvgIpc) is 2.86. The molecule has 0 aromatic carbocycles. The predicted octanol–water partition coefficient (Wildman–Crippen LogP) is 1.63. The second kappa shape index (κ2) is 7.13. The average molecular weight is 295 g/mol. The van der Waals surface area contributed by atoms with Gasteiger partial charge in [-0.15, -0.1) is 0 Å². The fraction of sp³-hybridized carbons (Fsp3) is 0.800. The predicted molar refractivity (Wildman–Crippen MR) is 78.0 cm³/mol. The first kappa shape index (κ1) is 16.1. The van der Waals surface area contributed by atoms with Gasteiger partial charge in [0, 0.05) is 39.2 Å². The number of hydrogen-bond donors (Lipinski definition) is 0. The molecule has 0 saturated carbocycles. The molecule has 1 fully saturated rings. The van der Waals surface area contributed by atoms with Crippen LogP contribution in [-0.2, 0) is 27.2 Å². The molecule has 1 saturated heterocycles. The summed E-state index contributed by atoms with van der Waals surface area (Å²) in [6, 6.07) is 0. The van der Waals surface area contributed by atoms with E-state index in [0.717, 1.165) is 12.4 Å². The summed E-state index contributed by atoms with van der Waals surface area (Å²) < 4.78 is 13.0. The molecule has 0 radical (unpaired) electrons. The lowest BCUT2D eigenvalue weighted by atomic mass is 9.87. The SMILES string of the molecule is CCOC1(C(=O)Cc2ncnn2CC(C)C)CCOCC1. The minimum Gasteiger partial charge on any atom is -0.381 e. The van der Waals surface area contributed by atoms with E-state index in [0.29, 0.717) is 38.6 Å². The third-order valence-electron chi connectivity index (χ3n) is 3.78. The Kier molecular flexibility index (Phi) is 5.47. The molecule has 6 heteroatoms. The summed E-state index contributed by atoms with van der Waals surface area (Å²) in [4.78, 5) is 17.0. The molecule has 0 atom stereocenters. The van der Waals surface area contributed by atoms with Gasteiger partial charge in [0.1, 0.15) is 17.8 Å². The molecule has 1 aliphatic heterocycles. The van der Waals surface area contributed by atoms with E-state index in [1.165, 1.54) is 6.33 Å². The number of Topliss-reactive ketones (excluding diaryl/α,β-unsaturated/α-hetero) is 1. The van der Waals surface area contributed by atoms with Gasteiger partial charge < -0.3 is 9.47 Å². The van der Waals surface area contributed by atoms with Crippen molar-refractivity contribution in [3.05, 3.63) is 12.2 Å². The molecular formula is C15H25N3O3. The van der Waals surface area contributed by atoms with E-state index in [2.05, 4.69) is 23.9 Å². The van der Waals surface area contributed by atoms with Gasteiger partial charge in [-0.1, -0.05) is 13.8 Å². The second-order valence-electron chi connectivity index (χ2n) is 5.89. The Balaban J connectivity index is 2.10. The van der Waals surface area contributed by atoms with Crippen molar-refractivity contribution in [3.8, 4) is 0 Å². The van der Waals surface area contributed by atoms with Gasteiger partial charge in [0.15, 0.2) is 5.78 Å². The molecule has 118 valence electrons. The molecule has 21 heavy (non-hydrogen) atoms. The Labute approximate surface area is 125 Å². The van der Waals surface area contributed by atoms with E-state index in [-0.39, 0.29) is 12.2 Å². The molecule has 2 rings (SSSR count). The molecular weight excluding hydrogens is 270 g/mol. The third-order valence-corrected chi connectivity index (χ3v) is 3.78. The first-order chi connectivity index (χ1) is 10.1. The zero-order valence-corrected chi connectivity index (χ0v) is 13.2. The summed E-state index contributed by atoms with van der Waals surface area (Å²) in [7, 11) is 0. The van der Waals surface area contributed by atoms with E-state index < -0.39 is 5.60 Å². The van der Waals surface area contributed by atoms with Gasteiger partial charge in [0.05, 0.1) is 6.42 Å². The smallest absolute Gasteiger partial charge is 0.172 e. The molecule has 1 aromatic rings. The molecule has 0 aliphatic carbocycles. The first-order valence-electron chi connectivity index (χ1n) is 7.69. The summed E-state index contributed by atoms with van der Waals surface area (Å²) in [5.74, 6) is 1.27. The van der Waals surface area contributed by atoms with Crippen LogP contribution in [0.4, 0.5) is 0 Å². The van der Waals surface area contributed by atoms with Gasteiger partial charge in [0.25, 0.3) is 0 Å². The van der Waals surface area contributed by atoms with Crippen LogP contribution in [0.3, 0.4) is 0 Å². The number of carbonyl (C=O) groups is 1. The molecule has 2 heterocycles. The fourth-order valence-corrected chi connectivity index (χ4v) is 2.71. The number of ether oxygens (including phenoxy) is 2. The number of hydrogen-bond acceptors (Lipinski definition) is 5. The Morgan fingerprint density at radius 1 is 1.48 bits per heavy atom. The maximum absolute atomic E-state index is 12.8. The number of carbonyl (C=O) groups excluding carboxylic acids is 1. The lowest BCUT2D eigenvalue weighted by Gasteiger charge is -2.35. The van der Waals surface area contributed by atoms with Crippen molar-refractivity contribution in [2.24, 2.45) is 5.92 Å². The van der Waals surface area contributed by atoms with E-state index in [1.54, 1.807) is 0 Å². The van der Waals surface area contributed by atoms with Gasteiger partial charge in [0.2, 0.25) is 0 Å². The molecule has 0 amide bonds. The van der Waals surface area contributed by atoms with Crippen molar-refractivity contribution in [2.75, 3.05) is 19.8 Å². The lowest BCUT2D eigenvalue weighted by Crippen LogP contribution is -2.47. The number of rotatable bonds is 7. The fourth-order valence-electron chi connectivity index (χ4n) is 2.71. The van der Waals surface area contributed by atoms with E-state index >= 15 is 0 Å². The second-order valence-corrected chi connectivity index (χ2v) is 5.89. The minimum absolute atomic E-state index is 0.0886. The van der Waals surface area contributed by atoms with Crippen LogP contribution in [0.2, 0.25) is 0 Å². The van der Waals surface area contributed by atoms with Crippen LogP contribution in [0, 0.1) is 5.92 Å². The van der Waals surface area contributed by atoms with E-state index in [9.17, 15) is 4.79 Å². The molecule has 0 spiro atoms. The Morgan fingerprint density at radius 3 is 2.81 bits per heavy atom. The standard InChI is InChI=1S/C15H25N3O3/c1-4-21-15(5-7-20-8-6-15)13(19)9-14-16-11-17-18(14)10-12(2)3/h11-12H,4-10H2,1-3H3.